The normalized spacial score (nSPS) is 10.8. The Balaban J connectivity index is 2.39. The maximum absolute atomic E-state index is 13.0. The summed E-state index contributed by atoms with van der Waals surface area (Å²) in [6, 6.07) is 8.66. The first kappa shape index (κ1) is 20.4. The van der Waals surface area contributed by atoms with E-state index in [1.54, 1.807) is 0 Å². The van der Waals surface area contributed by atoms with Crippen LogP contribution in [-0.2, 0) is 19.1 Å². The molecule has 2 aromatic carbocycles. The molecule has 0 heterocycles. The van der Waals surface area contributed by atoms with E-state index >= 15 is 0 Å². The smallest absolute Gasteiger partial charge is 0.354 e. The number of benzene rings is 2. The summed E-state index contributed by atoms with van der Waals surface area (Å²) in [5, 5.41) is 13.8. The van der Waals surface area contributed by atoms with Crippen LogP contribution < -0.4 is 10.1 Å². The highest BCUT2D eigenvalue weighted by Gasteiger charge is 2.17. The third-order valence-electron chi connectivity index (χ3n) is 3.30. The molecule has 0 amide bonds. The van der Waals surface area contributed by atoms with Gasteiger partial charge in [-0.3, -0.25) is 10.1 Å². The Bertz CT molecular complexity index is 926. The molecule has 1 N–H and O–H groups in total. The molecule has 28 heavy (non-hydrogen) atoms. The van der Waals surface area contributed by atoms with E-state index in [1.807, 2.05) is 0 Å². The first-order valence-corrected chi connectivity index (χ1v) is 7.70. The summed E-state index contributed by atoms with van der Waals surface area (Å²) in [5.74, 6) is -1.90. The van der Waals surface area contributed by atoms with Crippen molar-refractivity contribution in [3.8, 4) is 11.5 Å². The second-order valence-electron chi connectivity index (χ2n) is 5.23. The zero-order chi connectivity index (χ0) is 20.7. The third kappa shape index (κ3) is 5.53. The van der Waals surface area contributed by atoms with Gasteiger partial charge in [0.05, 0.1) is 31.3 Å². The van der Waals surface area contributed by atoms with Crippen molar-refractivity contribution >= 4 is 23.3 Å². The van der Waals surface area contributed by atoms with Gasteiger partial charge in [-0.05, 0) is 24.3 Å². The fourth-order valence-corrected chi connectivity index (χ4v) is 2.05. The molecule has 0 aliphatic carbocycles. The Hall–Kier alpha value is -3.95. The number of nitrogens with zero attached hydrogens (tertiary/aromatic N) is 1. The van der Waals surface area contributed by atoms with Gasteiger partial charge < -0.3 is 19.5 Å². The minimum absolute atomic E-state index is 0.0468. The number of carbonyl (C=O) groups excluding carboxylic acids is 2. The zero-order valence-corrected chi connectivity index (χ0v) is 14.8. The summed E-state index contributed by atoms with van der Waals surface area (Å²) in [5.41, 5.74) is -0.571. The van der Waals surface area contributed by atoms with Crippen LogP contribution >= 0.6 is 0 Å². The Kier molecular flexibility index (Phi) is 6.63. The lowest BCUT2D eigenvalue weighted by Crippen LogP contribution is -2.15. The number of hydrogen-bond donors (Lipinski definition) is 1. The molecule has 2 aromatic rings. The molecule has 9 nitrogen and oxygen atoms in total. The van der Waals surface area contributed by atoms with Crippen LogP contribution in [0.5, 0.6) is 11.5 Å². The molecule has 0 saturated heterocycles. The van der Waals surface area contributed by atoms with E-state index in [1.165, 1.54) is 30.3 Å². The van der Waals surface area contributed by atoms with Crippen LogP contribution in [0.1, 0.15) is 0 Å². The van der Waals surface area contributed by atoms with Gasteiger partial charge in [0.1, 0.15) is 23.0 Å². The number of hydrogen-bond acceptors (Lipinski definition) is 8. The number of non-ortho nitro benzene ring substituents is 1. The van der Waals surface area contributed by atoms with Crippen LogP contribution in [0.3, 0.4) is 0 Å². The summed E-state index contributed by atoms with van der Waals surface area (Å²) < 4.78 is 27.5. The SMILES string of the molecule is COC(=O)/C=C(/Nc1cc(Oc2ccc(F)cc2)cc([N+](=O)[O-])c1)C(=O)OC. The van der Waals surface area contributed by atoms with Gasteiger partial charge in [-0.15, -0.1) is 0 Å². The van der Waals surface area contributed by atoms with Gasteiger partial charge in [-0.1, -0.05) is 0 Å². The second kappa shape index (κ2) is 9.12. The van der Waals surface area contributed by atoms with Gasteiger partial charge in [0.15, 0.2) is 0 Å². The molecule has 2 rings (SSSR count). The van der Waals surface area contributed by atoms with E-state index in [2.05, 4.69) is 14.8 Å². The van der Waals surface area contributed by atoms with E-state index in [-0.39, 0.29) is 28.6 Å². The Morgan fingerprint density at radius 3 is 2.32 bits per heavy atom. The second-order valence-corrected chi connectivity index (χ2v) is 5.23. The van der Waals surface area contributed by atoms with Crippen LogP contribution in [0.4, 0.5) is 15.8 Å². The molecular formula is C18H15FN2O7. The molecule has 10 heteroatoms. The molecule has 0 radical (unpaired) electrons. The van der Waals surface area contributed by atoms with Crippen molar-refractivity contribution in [2.24, 2.45) is 0 Å². The number of nitro groups is 1. The van der Waals surface area contributed by atoms with Crippen LogP contribution in [0.2, 0.25) is 0 Å². The largest absolute Gasteiger partial charge is 0.466 e. The summed E-state index contributed by atoms with van der Waals surface area (Å²) in [6.45, 7) is 0. The maximum Gasteiger partial charge on any atom is 0.354 e. The molecule has 0 bridgehead atoms. The minimum Gasteiger partial charge on any atom is -0.466 e. The third-order valence-corrected chi connectivity index (χ3v) is 3.30. The van der Waals surface area contributed by atoms with Gasteiger partial charge in [0, 0.05) is 17.8 Å². The first-order valence-electron chi connectivity index (χ1n) is 7.70. The van der Waals surface area contributed by atoms with Gasteiger partial charge in [0.25, 0.3) is 5.69 Å². The van der Waals surface area contributed by atoms with E-state index in [0.717, 1.165) is 32.4 Å². The molecule has 0 atom stereocenters. The summed E-state index contributed by atoms with van der Waals surface area (Å²) >= 11 is 0. The van der Waals surface area contributed by atoms with Gasteiger partial charge in [0.2, 0.25) is 0 Å². The summed E-state index contributed by atoms with van der Waals surface area (Å²) in [4.78, 5) is 33.8. The molecule has 0 aromatic heterocycles. The van der Waals surface area contributed by atoms with Crippen molar-refractivity contribution in [3.63, 3.8) is 0 Å². The lowest BCUT2D eigenvalue weighted by atomic mass is 10.2. The maximum atomic E-state index is 13.0. The highest BCUT2D eigenvalue weighted by molar-refractivity contribution is 5.98. The average Bonchev–Trinajstić information content (AvgIpc) is 2.68. The minimum atomic E-state index is -0.891. The molecule has 0 unspecified atom stereocenters. The summed E-state index contributed by atoms with van der Waals surface area (Å²) in [6.07, 6.45) is 0.838. The monoisotopic (exact) mass is 390 g/mol. The number of nitro benzene ring substituents is 1. The van der Waals surface area contributed by atoms with Crippen LogP contribution in [0.15, 0.2) is 54.2 Å². The molecule has 0 fully saturated rings. The molecule has 0 saturated carbocycles. The number of esters is 2. The van der Waals surface area contributed by atoms with Crippen LogP contribution in [-0.4, -0.2) is 31.1 Å². The zero-order valence-electron chi connectivity index (χ0n) is 14.8. The highest BCUT2D eigenvalue weighted by atomic mass is 19.1. The quantitative estimate of drug-likeness (QED) is 0.332. The van der Waals surface area contributed by atoms with Crippen molar-refractivity contribution in [1.82, 2.24) is 0 Å². The number of nitrogens with one attached hydrogen (secondary N) is 1. The van der Waals surface area contributed by atoms with Crippen molar-refractivity contribution < 1.29 is 33.1 Å². The lowest BCUT2D eigenvalue weighted by Gasteiger charge is -2.11. The molecule has 0 aliphatic heterocycles. The predicted octanol–water partition coefficient (Wildman–Crippen LogP) is 3.17. The number of carbonyl (C=O) groups is 2. The van der Waals surface area contributed by atoms with E-state index < -0.39 is 22.7 Å². The molecular weight excluding hydrogens is 375 g/mol. The van der Waals surface area contributed by atoms with Gasteiger partial charge in [-0.2, -0.15) is 0 Å². The van der Waals surface area contributed by atoms with E-state index in [9.17, 15) is 24.1 Å². The van der Waals surface area contributed by atoms with Gasteiger partial charge >= 0.3 is 11.9 Å². The molecule has 0 spiro atoms. The fourth-order valence-electron chi connectivity index (χ4n) is 2.05. The Morgan fingerprint density at radius 1 is 1.07 bits per heavy atom. The number of anilines is 1. The summed E-state index contributed by atoms with van der Waals surface area (Å²) in [7, 11) is 2.22. The van der Waals surface area contributed by atoms with Crippen LogP contribution in [0.25, 0.3) is 0 Å². The standard InChI is InChI=1S/C18H15FN2O7/c1-26-17(22)10-16(18(23)27-2)20-12-7-13(21(24)25)9-15(8-12)28-14-5-3-11(19)4-6-14/h3-10,20H,1-2H3/b16-10+. The van der Waals surface area contributed by atoms with Gasteiger partial charge in [-0.25, -0.2) is 14.0 Å². The van der Waals surface area contributed by atoms with Crippen molar-refractivity contribution in [2.45, 2.75) is 0 Å². The Labute approximate surface area is 158 Å². The first-order chi connectivity index (χ1) is 13.3. The number of methoxy groups -OCH3 is 2. The molecule has 146 valence electrons. The predicted molar refractivity (Wildman–Crippen MR) is 95.3 cm³/mol. The van der Waals surface area contributed by atoms with E-state index in [0.29, 0.717) is 0 Å². The van der Waals surface area contributed by atoms with Crippen molar-refractivity contribution in [1.29, 1.82) is 0 Å². The molecule has 0 aliphatic rings. The average molecular weight is 390 g/mol. The van der Waals surface area contributed by atoms with E-state index in [4.69, 9.17) is 4.74 Å². The topological polar surface area (TPSA) is 117 Å². The van der Waals surface area contributed by atoms with Crippen molar-refractivity contribution in [2.75, 3.05) is 19.5 Å². The van der Waals surface area contributed by atoms with Crippen LogP contribution in [0, 0.1) is 15.9 Å². The number of rotatable bonds is 7. The highest BCUT2D eigenvalue weighted by Crippen LogP contribution is 2.30. The lowest BCUT2D eigenvalue weighted by molar-refractivity contribution is -0.384. The Morgan fingerprint density at radius 2 is 1.75 bits per heavy atom. The van der Waals surface area contributed by atoms with Crippen molar-refractivity contribution in [3.05, 3.63) is 70.2 Å². The number of ether oxygens (including phenoxy) is 3. The fraction of sp³-hybridized carbons (Fsp3) is 0.111. The number of halogens is 1.